The lowest BCUT2D eigenvalue weighted by Crippen LogP contribution is -2.24. The molecule has 0 aromatic heterocycles. The van der Waals surface area contributed by atoms with Crippen LogP contribution in [-0.4, -0.2) is 63.3 Å². The molecule has 0 bridgehead atoms. The van der Waals surface area contributed by atoms with Crippen molar-refractivity contribution in [2.45, 2.75) is 143 Å². The number of unbranched alkanes of at least 4 members (excludes halogenated alkanes) is 16. The smallest absolute Gasteiger partial charge is 0.0717 e. The van der Waals surface area contributed by atoms with Crippen molar-refractivity contribution in [2.24, 2.45) is 0 Å². The van der Waals surface area contributed by atoms with Gasteiger partial charge in [0.15, 0.2) is 0 Å². The molecule has 0 amide bonds. The summed E-state index contributed by atoms with van der Waals surface area (Å²) in [6.45, 7) is 11.8. The zero-order valence-corrected chi connectivity index (χ0v) is 30.7. The average Bonchev–Trinajstić information content (AvgIpc) is 3.07. The Morgan fingerprint density at radius 1 is 0.435 bits per heavy atom. The summed E-state index contributed by atoms with van der Waals surface area (Å²) in [7, 11) is 4.45. The van der Waals surface area contributed by atoms with E-state index in [1.165, 1.54) is 151 Å². The van der Waals surface area contributed by atoms with Crippen molar-refractivity contribution in [3.8, 4) is 11.1 Å². The standard InChI is InChI=1S/C42H72N2O2/c1-5-7-9-11-13-15-17-19-21-29-43(3)31-33-45-37-39-25-23-27-41(35-39)42-28-24-26-40(36-42)38-46-34-32-44(4)30-22-20-18-16-14-12-10-8-6-2/h23-28,35-36H,5-22,29-34,37-38H2,1-4H3. The van der Waals surface area contributed by atoms with Crippen molar-refractivity contribution in [2.75, 3.05) is 53.5 Å². The van der Waals surface area contributed by atoms with E-state index in [2.05, 4.69) is 86.3 Å². The minimum Gasteiger partial charge on any atom is -0.375 e. The van der Waals surface area contributed by atoms with Gasteiger partial charge in [-0.2, -0.15) is 0 Å². The number of hydrogen-bond donors (Lipinski definition) is 0. The van der Waals surface area contributed by atoms with Crippen LogP contribution in [-0.2, 0) is 22.7 Å². The molecule has 46 heavy (non-hydrogen) atoms. The Morgan fingerprint density at radius 3 is 1.15 bits per heavy atom. The zero-order chi connectivity index (χ0) is 32.9. The lowest BCUT2D eigenvalue weighted by molar-refractivity contribution is 0.0991. The molecule has 0 fully saturated rings. The molecule has 4 nitrogen and oxygen atoms in total. The molecule has 0 aliphatic carbocycles. The normalized spacial score (nSPS) is 11.7. The van der Waals surface area contributed by atoms with E-state index in [4.69, 9.17) is 9.47 Å². The van der Waals surface area contributed by atoms with Crippen LogP contribution in [0.25, 0.3) is 11.1 Å². The quantitative estimate of drug-likeness (QED) is 0.0769. The highest BCUT2D eigenvalue weighted by Gasteiger charge is 2.05. The second-order valence-electron chi connectivity index (χ2n) is 13.8. The number of nitrogens with zero attached hydrogens (tertiary/aromatic N) is 2. The summed E-state index contributed by atoms with van der Waals surface area (Å²) in [6, 6.07) is 17.6. The molecule has 0 N–H and O–H groups in total. The summed E-state index contributed by atoms with van der Waals surface area (Å²) in [6.07, 6.45) is 24.9. The molecule has 4 heteroatoms. The third kappa shape index (κ3) is 21.2. The minimum absolute atomic E-state index is 0.662. The molecule has 2 rings (SSSR count). The summed E-state index contributed by atoms with van der Waals surface area (Å²) in [5, 5.41) is 0. The number of hydrogen-bond acceptors (Lipinski definition) is 4. The van der Waals surface area contributed by atoms with Crippen molar-refractivity contribution < 1.29 is 9.47 Å². The van der Waals surface area contributed by atoms with Crippen LogP contribution in [0.1, 0.15) is 141 Å². The molecule has 262 valence electrons. The van der Waals surface area contributed by atoms with Crippen LogP contribution < -0.4 is 0 Å². The fourth-order valence-corrected chi connectivity index (χ4v) is 6.11. The van der Waals surface area contributed by atoms with E-state index in [9.17, 15) is 0 Å². The first-order valence-corrected chi connectivity index (χ1v) is 19.3. The van der Waals surface area contributed by atoms with Gasteiger partial charge in [0, 0.05) is 13.1 Å². The maximum Gasteiger partial charge on any atom is 0.0717 e. The van der Waals surface area contributed by atoms with Gasteiger partial charge in [0.25, 0.3) is 0 Å². The number of ether oxygens (including phenoxy) is 2. The molecule has 0 aliphatic heterocycles. The molecule has 0 unspecified atom stereocenters. The zero-order valence-electron chi connectivity index (χ0n) is 30.7. The largest absolute Gasteiger partial charge is 0.375 e. The van der Waals surface area contributed by atoms with Gasteiger partial charge in [-0.15, -0.1) is 0 Å². The van der Waals surface area contributed by atoms with E-state index in [1.807, 2.05) is 0 Å². The van der Waals surface area contributed by atoms with Gasteiger partial charge in [0.1, 0.15) is 0 Å². The number of benzene rings is 2. The van der Waals surface area contributed by atoms with Crippen molar-refractivity contribution in [1.82, 2.24) is 9.80 Å². The average molecular weight is 637 g/mol. The Kier molecular flexibility index (Phi) is 24.9. The fourth-order valence-electron chi connectivity index (χ4n) is 6.11. The van der Waals surface area contributed by atoms with E-state index in [0.717, 1.165) is 26.3 Å². The highest BCUT2D eigenvalue weighted by molar-refractivity contribution is 5.64. The summed E-state index contributed by atoms with van der Waals surface area (Å²) >= 11 is 0. The molecular formula is C42H72N2O2. The Labute approximate surface area is 285 Å². The van der Waals surface area contributed by atoms with Crippen molar-refractivity contribution in [1.29, 1.82) is 0 Å². The molecule has 0 spiro atoms. The molecule has 2 aromatic rings. The highest BCUT2D eigenvalue weighted by atomic mass is 16.5. The van der Waals surface area contributed by atoms with Crippen LogP contribution >= 0.6 is 0 Å². The predicted octanol–water partition coefficient (Wildman–Crippen LogP) is 11.3. The first kappa shape index (κ1) is 40.5. The van der Waals surface area contributed by atoms with Gasteiger partial charge >= 0.3 is 0 Å². The van der Waals surface area contributed by atoms with Crippen LogP contribution in [0.4, 0.5) is 0 Å². The third-order valence-electron chi connectivity index (χ3n) is 9.25. The molecule has 0 atom stereocenters. The molecule has 0 aliphatic rings. The molecule has 2 aromatic carbocycles. The minimum atomic E-state index is 0.662. The first-order valence-electron chi connectivity index (χ1n) is 19.3. The van der Waals surface area contributed by atoms with Crippen LogP contribution in [0, 0.1) is 0 Å². The van der Waals surface area contributed by atoms with E-state index >= 15 is 0 Å². The first-order chi connectivity index (χ1) is 22.6. The number of likely N-dealkylation sites (N-methyl/N-ethyl adjacent to an activating group) is 2. The van der Waals surface area contributed by atoms with Crippen LogP contribution in [0.5, 0.6) is 0 Å². The van der Waals surface area contributed by atoms with Gasteiger partial charge in [-0.3, -0.25) is 0 Å². The van der Waals surface area contributed by atoms with Crippen molar-refractivity contribution in [3.63, 3.8) is 0 Å². The Balaban J connectivity index is 1.56. The highest BCUT2D eigenvalue weighted by Crippen LogP contribution is 2.22. The van der Waals surface area contributed by atoms with Gasteiger partial charge in [0.05, 0.1) is 26.4 Å². The molecular weight excluding hydrogens is 564 g/mol. The van der Waals surface area contributed by atoms with E-state index in [0.29, 0.717) is 13.2 Å². The summed E-state index contributed by atoms with van der Waals surface area (Å²) in [5.74, 6) is 0. The summed E-state index contributed by atoms with van der Waals surface area (Å²) in [4.78, 5) is 4.84. The SMILES string of the molecule is CCCCCCCCCCCN(C)CCOCc1cccc(-c2cccc(COCCN(C)CCCCCCCCCCC)c2)c1. The monoisotopic (exact) mass is 637 g/mol. The van der Waals surface area contributed by atoms with Crippen LogP contribution in [0.15, 0.2) is 48.5 Å². The topological polar surface area (TPSA) is 24.9 Å². The second kappa shape index (κ2) is 28.3. The maximum absolute atomic E-state index is 6.07. The van der Waals surface area contributed by atoms with Gasteiger partial charge in [0.2, 0.25) is 0 Å². The van der Waals surface area contributed by atoms with Crippen LogP contribution in [0.2, 0.25) is 0 Å². The fraction of sp³-hybridized carbons (Fsp3) is 0.714. The lowest BCUT2D eigenvalue weighted by atomic mass is 10.0. The Morgan fingerprint density at radius 2 is 0.783 bits per heavy atom. The van der Waals surface area contributed by atoms with E-state index in [1.54, 1.807) is 0 Å². The van der Waals surface area contributed by atoms with E-state index < -0.39 is 0 Å². The Bertz CT molecular complexity index is 887. The second-order valence-corrected chi connectivity index (χ2v) is 13.8. The summed E-state index contributed by atoms with van der Waals surface area (Å²) < 4.78 is 12.1. The van der Waals surface area contributed by atoms with Gasteiger partial charge in [-0.25, -0.2) is 0 Å². The molecule has 0 radical (unpaired) electrons. The van der Waals surface area contributed by atoms with Gasteiger partial charge in [-0.1, -0.05) is 153 Å². The number of rotatable bonds is 31. The molecule has 0 saturated heterocycles. The van der Waals surface area contributed by atoms with Gasteiger partial charge in [-0.05, 0) is 74.4 Å². The van der Waals surface area contributed by atoms with Crippen molar-refractivity contribution >= 4 is 0 Å². The van der Waals surface area contributed by atoms with Gasteiger partial charge < -0.3 is 19.3 Å². The third-order valence-corrected chi connectivity index (χ3v) is 9.25. The lowest BCUT2D eigenvalue weighted by Gasteiger charge is -2.17. The molecule has 0 saturated carbocycles. The van der Waals surface area contributed by atoms with E-state index in [-0.39, 0.29) is 0 Å². The van der Waals surface area contributed by atoms with Crippen LogP contribution in [0.3, 0.4) is 0 Å². The van der Waals surface area contributed by atoms with Crippen molar-refractivity contribution in [3.05, 3.63) is 59.7 Å². The Hall–Kier alpha value is -1.72. The molecule has 0 heterocycles. The predicted molar refractivity (Wildman–Crippen MR) is 201 cm³/mol. The summed E-state index contributed by atoms with van der Waals surface area (Å²) in [5.41, 5.74) is 4.95. The maximum atomic E-state index is 6.07.